The predicted octanol–water partition coefficient (Wildman–Crippen LogP) is 8.93. The number of amides is 1. The third-order valence-corrected chi connectivity index (χ3v) is 5.79. The van der Waals surface area contributed by atoms with Crippen LogP contribution in [0.2, 0.25) is 0 Å². The molecule has 42 heavy (non-hydrogen) atoms. The Balaban J connectivity index is 2.30. The van der Waals surface area contributed by atoms with Crippen LogP contribution >= 0.6 is 31.9 Å². The SMILES string of the molecule is COc1c(Br)cc(Br)cc1/C=C/C(=O)Nc1cccc(C(F)(F)C(F)(F)OC(F)(F)C(F)(F)C(F)(F)OC(F)(F)F)c1. The summed E-state index contributed by atoms with van der Waals surface area (Å²) in [4.78, 5) is 12.2. The zero-order chi connectivity index (χ0) is 32.5. The fourth-order valence-electron chi connectivity index (χ4n) is 2.90. The molecular formula is C22H12Br2F13NO4. The van der Waals surface area contributed by atoms with Gasteiger partial charge in [0.15, 0.2) is 0 Å². The Kier molecular flexibility index (Phi) is 10.3. The quantitative estimate of drug-likeness (QED) is 0.184. The molecule has 0 saturated heterocycles. The van der Waals surface area contributed by atoms with E-state index in [9.17, 15) is 61.9 Å². The van der Waals surface area contributed by atoms with Crippen molar-refractivity contribution in [2.45, 2.75) is 36.5 Å². The number of ether oxygens (including phenoxy) is 3. The Morgan fingerprint density at radius 1 is 0.810 bits per heavy atom. The monoisotopic (exact) mass is 759 g/mol. The normalized spacial score (nSPS) is 13.9. The summed E-state index contributed by atoms with van der Waals surface area (Å²) in [6, 6.07) is 4.71. The molecular weight excluding hydrogens is 749 g/mol. The Labute approximate surface area is 242 Å². The van der Waals surface area contributed by atoms with Crippen molar-refractivity contribution in [1.29, 1.82) is 0 Å². The van der Waals surface area contributed by atoms with Gasteiger partial charge in [-0.25, -0.2) is 9.47 Å². The number of benzene rings is 2. The molecule has 1 amide bonds. The number of anilines is 1. The summed E-state index contributed by atoms with van der Waals surface area (Å²) in [5, 5.41) is 1.96. The molecule has 20 heteroatoms. The summed E-state index contributed by atoms with van der Waals surface area (Å²) < 4.78 is 183. The number of alkyl halides is 13. The fraction of sp³-hybridized carbons (Fsp3) is 0.318. The number of rotatable bonds is 11. The van der Waals surface area contributed by atoms with Crippen molar-refractivity contribution in [3.63, 3.8) is 0 Å². The molecule has 0 aliphatic carbocycles. The first-order valence-corrected chi connectivity index (χ1v) is 11.9. The van der Waals surface area contributed by atoms with Gasteiger partial charge in [0.1, 0.15) is 5.75 Å². The molecule has 5 nitrogen and oxygen atoms in total. The van der Waals surface area contributed by atoms with Crippen molar-refractivity contribution < 1.29 is 76.1 Å². The lowest BCUT2D eigenvalue weighted by atomic mass is 10.1. The van der Waals surface area contributed by atoms with Crippen molar-refractivity contribution in [1.82, 2.24) is 0 Å². The molecule has 2 rings (SSSR count). The zero-order valence-electron chi connectivity index (χ0n) is 19.9. The van der Waals surface area contributed by atoms with E-state index >= 15 is 0 Å². The minimum atomic E-state index is -7.54. The number of hydrogen-bond acceptors (Lipinski definition) is 4. The van der Waals surface area contributed by atoms with Crippen LogP contribution in [0.15, 0.2) is 51.4 Å². The van der Waals surface area contributed by atoms with Crippen LogP contribution in [0.5, 0.6) is 5.75 Å². The van der Waals surface area contributed by atoms with Crippen molar-refractivity contribution >= 4 is 49.5 Å². The number of methoxy groups -OCH3 is 1. The summed E-state index contributed by atoms with van der Waals surface area (Å²) in [7, 11) is 1.30. The molecule has 0 aromatic heterocycles. The van der Waals surface area contributed by atoms with Gasteiger partial charge >= 0.3 is 36.5 Å². The molecule has 1 N–H and O–H groups in total. The Morgan fingerprint density at radius 3 is 1.93 bits per heavy atom. The molecule has 2 aromatic rings. The molecule has 234 valence electrons. The fourth-order valence-corrected chi connectivity index (χ4v) is 4.32. The molecule has 0 unspecified atom stereocenters. The van der Waals surface area contributed by atoms with Gasteiger partial charge in [0.05, 0.1) is 11.6 Å². The van der Waals surface area contributed by atoms with E-state index in [1.54, 1.807) is 10.8 Å². The number of nitrogens with one attached hydrogen (secondary N) is 1. The van der Waals surface area contributed by atoms with Crippen LogP contribution in [0, 0.1) is 0 Å². The maximum Gasteiger partial charge on any atom is 0.527 e. The third kappa shape index (κ3) is 7.87. The van der Waals surface area contributed by atoms with E-state index in [-0.39, 0.29) is 17.9 Å². The first-order chi connectivity index (χ1) is 18.9. The highest BCUT2D eigenvalue weighted by molar-refractivity contribution is 9.11. The average molecular weight is 761 g/mol. The summed E-state index contributed by atoms with van der Waals surface area (Å²) in [5.41, 5.74) is -2.33. The van der Waals surface area contributed by atoms with Gasteiger partial charge in [-0.2, -0.15) is 43.9 Å². The Morgan fingerprint density at radius 2 is 1.38 bits per heavy atom. The van der Waals surface area contributed by atoms with Crippen LogP contribution in [-0.4, -0.2) is 43.6 Å². The summed E-state index contributed by atoms with van der Waals surface area (Å²) in [6.07, 6.45) is -26.0. The lowest BCUT2D eigenvalue weighted by Crippen LogP contribution is -2.61. The Hall–Kier alpha value is -2.58. The molecule has 0 spiro atoms. The highest BCUT2D eigenvalue weighted by Gasteiger charge is 2.80. The van der Waals surface area contributed by atoms with Crippen molar-refractivity contribution in [2.24, 2.45) is 0 Å². The molecule has 0 aliphatic rings. The highest BCUT2D eigenvalue weighted by Crippen LogP contribution is 2.54. The van der Waals surface area contributed by atoms with Crippen molar-refractivity contribution in [3.05, 3.63) is 62.5 Å². The van der Waals surface area contributed by atoms with E-state index in [1.165, 1.54) is 19.3 Å². The minimum absolute atomic E-state index is 0.0664. The van der Waals surface area contributed by atoms with Gasteiger partial charge < -0.3 is 10.1 Å². The van der Waals surface area contributed by atoms with Gasteiger partial charge in [0, 0.05) is 27.4 Å². The molecule has 0 radical (unpaired) electrons. The number of carbonyl (C=O) groups excluding carboxylic acids is 1. The van der Waals surface area contributed by atoms with Crippen LogP contribution in [-0.2, 0) is 20.2 Å². The maximum atomic E-state index is 14.5. The summed E-state index contributed by atoms with van der Waals surface area (Å²) in [5.74, 6) is -14.4. The smallest absolute Gasteiger partial charge is 0.495 e. The lowest BCUT2D eigenvalue weighted by Gasteiger charge is -2.35. The first kappa shape index (κ1) is 35.6. The minimum Gasteiger partial charge on any atom is -0.495 e. The van der Waals surface area contributed by atoms with Crippen molar-refractivity contribution in [3.8, 4) is 5.75 Å². The molecule has 0 fully saturated rings. The van der Waals surface area contributed by atoms with Gasteiger partial charge in [0.2, 0.25) is 5.91 Å². The third-order valence-electron chi connectivity index (χ3n) is 4.75. The van der Waals surface area contributed by atoms with Gasteiger partial charge in [0.25, 0.3) is 0 Å². The van der Waals surface area contributed by atoms with Crippen LogP contribution in [0.4, 0.5) is 62.8 Å². The molecule has 0 atom stereocenters. The molecule has 0 bridgehead atoms. The summed E-state index contributed by atoms with van der Waals surface area (Å²) in [6.45, 7) is 0. The Bertz CT molecular complexity index is 1330. The van der Waals surface area contributed by atoms with E-state index in [0.717, 1.165) is 12.1 Å². The van der Waals surface area contributed by atoms with Crippen LogP contribution in [0.1, 0.15) is 11.1 Å². The number of hydrogen-bond donors (Lipinski definition) is 1. The molecule has 2 aromatic carbocycles. The topological polar surface area (TPSA) is 56.8 Å². The van der Waals surface area contributed by atoms with E-state index in [2.05, 4.69) is 31.9 Å². The largest absolute Gasteiger partial charge is 0.527 e. The lowest BCUT2D eigenvalue weighted by molar-refractivity contribution is -0.535. The number of carbonyl (C=O) groups is 1. The van der Waals surface area contributed by atoms with Crippen molar-refractivity contribution in [2.75, 3.05) is 12.4 Å². The predicted molar refractivity (Wildman–Crippen MR) is 124 cm³/mol. The second-order valence-corrected chi connectivity index (χ2v) is 9.53. The maximum absolute atomic E-state index is 14.5. The zero-order valence-corrected chi connectivity index (χ0v) is 23.1. The van der Waals surface area contributed by atoms with E-state index in [0.29, 0.717) is 20.6 Å². The van der Waals surface area contributed by atoms with Crippen LogP contribution in [0.3, 0.4) is 0 Å². The second-order valence-electron chi connectivity index (χ2n) is 7.76. The molecule has 0 aliphatic heterocycles. The second kappa shape index (κ2) is 12.2. The van der Waals surface area contributed by atoms with E-state index in [1.807, 2.05) is 10.1 Å². The van der Waals surface area contributed by atoms with Gasteiger partial charge in [-0.1, -0.05) is 28.1 Å². The molecule has 0 heterocycles. The van der Waals surface area contributed by atoms with E-state index < -0.39 is 53.7 Å². The summed E-state index contributed by atoms with van der Waals surface area (Å²) >= 11 is 6.39. The van der Waals surface area contributed by atoms with Gasteiger partial charge in [-0.15, -0.1) is 13.2 Å². The number of halogens is 15. The van der Waals surface area contributed by atoms with Crippen LogP contribution < -0.4 is 10.1 Å². The van der Waals surface area contributed by atoms with E-state index in [4.69, 9.17) is 4.74 Å². The van der Waals surface area contributed by atoms with Gasteiger partial charge in [-0.3, -0.25) is 4.79 Å². The highest BCUT2D eigenvalue weighted by atomic mass is 79.9. The van der Waals surface area contributed by atoms with Gasteiger partial charge in [-0.05, 0) is 46.3 Å². The average Bonchev–Trinajstić information content (AvgIpc) is 2.80. The standard InChI is InChI=1S/C22H12Br2F13NO4/c1-40-16-10(7-12(23)9-14(16)24)5-6-15(39)38-13-4-2-3-11(8-13)17(25,26)19(29,30)41-20(31,32)18(27,28)21(33,34)42-22(35,36)37/h2-9H,1H3,(H,38,39)/b6-5+. The molecule has 0 saturated carbocycles. The first-order valence-electron chi connectivity index (χ1n) is 10.4. The van der Waals surface area contributed by atoms with Crippen LogP contribution in [0.25, 0.3) is 6.08 Å².